The zero-order valence-electron chi connectivity index (χ0n) is 13.3. The van der Waals surface area contributed by atoms with Crippen molar-refractivity contribution in [3.63, 3.8) is 0 Å². The molecule has 0 aromatic heterocycles. The molecule has 0 radical (unpaired) electrons. The lowest BCUT2D eigenvalue weighted by Crippen LogP contribution is -1.90. The third-order valence-electron chi connectivity index (χ3n) is 3.45. The van der Waals surface area contributed by atoms with Crippen molar-refractivity contribution < 1.29 is 19.1 Å². The second-order valence-corrected chi connectivity index (χ2v) is 6.11. The highest BCUT2D eigenvalue weighted by atomic mass is 35.5. The smallest absolute Gasteiger partial charge is 0.150 e. The molecule has 0 atom stereocenters. The van der Waals surface area contributed by atoms with Gasteiger partial charge in [0.05, 0.1) is 10.0 Å². The number of carbonyl (C=O) groups excluding carboxylic acids is 2. The summed E-state index contributed by atoms with van der Waals surface area (Å²) in [5.41, 5.74) is 0.931. The van der Waals surface area contributed by atoms with Crippen LogP contribution in [-0.4, -0.2) is 12.6 Å². The second kappa shape index (κ2) is 8.04. The van der Waals surface area contributed by atoms with E-state index < -0.39 is 0 Å². The molecule has 26 heavy (non-hydrogen) atoms. The van der Waals surface area contributed by atoms with Gasteiger partial charge in [-0.1, -0.05) is 29.3 Å². The van der Waals surface area contributed by atoms with Gasteiger partial charge in [0, 0.05) is 17.2 Å². The summed E-state index contributed by atoms with van der Waals surface area (Å²) in [6.45, 7) is 0. The van der Waals surface area contributed by atoms with E-state index in [4.69, 9.17) is 32.7 Å². The van der Waals surface area contributed by atoms with Gasteiger partial charge in [0.25, 0.3) is 0 Å². The fourth-order valence-electron chi connectivity index (χ4n) is 2.20. The van der Waals surface area contributed by atoms with Crippen molar-refractivity contribution in [3.05, 3.63) is 81.8 Å². The number of hydrogen-bond donors (Lipinski definition) is 0. The number of hydrogen-bond acceptors (Lipinski definition) is 4. The second-order valence-electron chi connectivity index (χ2n) is 5.29. The Morgan fingerprint density at radius 3 is 1.50 bits per heavy atom. The molecule has 0 aliphatic carbocycles. The number of rotatable bonds is 6. The van der Waals surface area contributed by atoms with E-state index in [9.17, 15) is 9.59 Å². The van der Waals surface area contributed by atoms with Crippen LogP contribution in [0.5, 0.6) is 23.0 Å². The Bertz CT molecular complexity index is 895. The van der Waals surface area contributed by atoms with Gasteiger partial charge in [-0.15, -0.1) is 0 Å². The van der Waals surface area contributed by atoms with Crippen LogP contribution < -0.4 is 9.47 Å². The highest BCUT2D eigenvalue weighted by molar-refractivity contribution is 6.32. The highest BCUT2D eigenvalue weighted by Gasteiger charge is 2.08. The van der Waals surface area contributed by atoms with Crippen molar-refractivity contribution in [2.24, 2.45) is 0 Å². The van der Waals surface area contributed by atoms with Crippen LogP contribution in [0.1, 0.15) is 20.7 Å². The molecular formula is C20H12Cl2O4. The molecule has 3 aromatic carbocycles. The fraction of sp³-hybridized carbons (Fsp3) is 0. The van der Waals surface area contributed by atoms with Gasteiger partial charge >= 0.3 is 0 Å². The Hall–Kier alpha value is -2.82. The zero-order chi connectivity index (χ0) is 18.5. The van der Waals surface area contributed by atoms with Crippen molar-refractivity contribution in [2.75, 3.05) is 0 Å². The number of benzene rings is 3. The minimum Gasteiger partial charge on any atom is -0.456 e. The molecule has 0 amide bonds. The largest absolute Gasteiger partial charge is 0.456 e. The zero-order valence-corrected chi connectivity index (χ0v) is 14.8. The summed E-state index contributed by atoms with van der Waals surface area (Å²) in [6.07, 6.45) is 1.42. The molecule has 0 saturated carbocycles. The number of carbonyl (C=O) groups is 2. The predicted octanol–water partition coefficient (Wildman–Crippen LogP) is 6.20. The number of halogens is 2. The molecule has 3 rings (SSSR count). The van der Waals surface area contributed by atoms with E-state index >= 15 is 0 Å². The highest BCUT2D eigenvalue weighted by Crippen LogP contribution is 2.34. The van der Waals surface area contributed by atoms with E-state index in [1.807, 2.05) is 0 Å². The van der Waals surface area contributed by atoms with Gasteiger partial charge in [0.1, 0.15) is 35.6 Å². The van der Waals surface area contributed by atoms with Crippen molar-refractivity contribution in [1.82, 2.24) is 0 Å². The van der Waals surface area contributed by atoms with Gasteiger partial charge in [-0.25, -0.2) is 0 Å². The van der Waals surface area contributed by atoms with E-state index in [0.29, 0.717) is 56.7 Å². The van der Waals surface area contributed by atoms with E-state index in [2.05, 4.69) is 0 Å². The van der Waals surface area contributed by atoms with Gasteiger partial charge in [0.2, 0.25) is 0 Å². The maximum absolute atomic E-state index is 10.8. The molecule has 0 N–H and O–H groups in total. The van der Waals surface area contributed by atoms with Crippen molar-refractivity contribution >= 4 is 35.8 Å². The molecule has 130 valence electrons. The molecule has 4 nitrogen and oxygen atoms in total. The van der Waals surface area contributed by atoms with Crippen molar-refractivity contribution in [3.8, 4) is 23.0 Å². The molecule has 0 bridgehead atoms. The molecule has 0 aliphatic rings. The van der Waals surface area contributed by atoms with E-state index in [1.54, 1.807) is 48.5 Å². The average Bonchev–Trinajstić information content (AvgIpc) is 2.65. The van der Waals surface area contributed by atoms with E-state index in [-0.39, 0.29) is 0 Å². The van der Waals surface area contributed by atoms with Crippen LogP contribution in [0.4, 0.5) is 0 Å². The molecule has 0 aliphatic heterocycles. The third kappa shape index (κ3) is 4.23. The molecule has 0 fully saturated rings. The Balaban J connectivity index is 1.80. The first kappa shape index (κ1) is 18.0. The molecule has 0 heterocycles. The molecule has 0 saturated heterocycles. The predicted molar refractivity (Wildman–Crippen MR) is 100 cm³/mol. The summed E-state index contributed by atoms with van der Waals surface area (Å²) < 4.78 is 11.5. The van der Waals surface area contributed by atoms with Crippen LogP contribution in [-0.2, 0) is 0 Å². The monoisotopic (exact) mass is 386 g/mol. The van der Waals surface area contributed by atoms with Crippen LogP contribution in [0.2, 0.25) is 10.0 Å². The summed E-state index contributed by atoms with van der Waals surface area (Å²) in [7, 11) is 0. The number of ether oxygens (including phenoxy) is 2. The third-order valence-corrected chi connectivity index (χ3v) is 4.04. The summed E-state index contributed by atoms with van der Waals surface area (Å²) in [4.78, 5) is 21.5. The van der Waals surface area contributed by atoms with E-state index in [1.165, 1.54) is 12.1 Å². The summed E-state index contributed by atoms with van der Waals surface area (Å²) in [5.74, 6) is 1.85. The average molecular weight is 387 g/mol. The first-order valence-electron chi connectivity index (χ1n) is 7.54. The summed E-state index contributed by atoms with van der Waals surface area (Å²) >= 11 is 12.2. The molecule has 0 spiro atoms. The van der Waals surface area contributed by atoms with E-state index in [0.717, 1.165) is 0 Å². The first-order chi connectivity index (χ1) is 12.6. The standard InChI is InChI=1S/C20H12Cl2O4/c21-17-8-13(11-23)4-6-19(17)25-15-2-1-3-16(10-15)26-20-7-5-14(12-24)9-18(20)22/h1-12H. The maximum atomic E-state index is 10.8. The van der Waals surface area contributed by atoms with Crippen molar-refractivity contribution in [2.45, 2.75) is 0 Å². The Morgan fingerprint density at radius 1 is 0.654 bits per heavy atom. The normalized spacial score (nSPS) is 10.2. The molecule has 6 heteroatoms. The Kier molecular flexibility index (Phi) is 5.56. The SMILES string of the molecule is O=Cc1ccc(Oc2cccc(Oc3ccc(C=O)cc3Cl)c2)c(Cl)c1. The molecule has 3 aromatic rings. The quantitative estimate of drug-likeness (QED) is 0.473. The first-order valence-corrected chi connectivity index (χ1v) is 8.30. The van der Waals surface area contributed by atoms with Gasteiger partial charge in [0.15, 0.2) is 0 Å². The van der Waals surface area contributed by atoms with Gasteiger partial charge in [-0.2, -0.15) is 0 Å². The minimum atomic E-state index is 0.327. The Labute approximate surface area is 159 Å². The van der Waals surface area contributed by atoms with Gasteiger partial charge < -0.3 is 9.47 Å². The fourth-order valence-corrected chi connectivity index (χ4v) is 2.66. The Morgan fingerprint density at radius 2 is 1.12 bits per heavy atom. The maximum Gasteiger partial charge on any atom is 0.150 e. The van der Waals surface area contributed by atoms with Crippen LogP contribution in [0, 0.1) is 0 Å². The van der Waals surface area contributed by atoms with Gasteiger partial charge in [-0.05, 0) is 48.5 Å². The molecule has 0 unspecified atom stereocenters. The molecular weight excluding hydrogens is 375 g/mol. The lowest BCUT2D eigenvalue weighted by atomic mass is 10.2. The van der Waals surface area contributed by atoms with Crippen LogP contribution >= 0.6 is 23.2 Å². The lowest BCUT2D eigenvalue weighted by molar-refractivity contribution is 0.111. The number of aldehydes is 2. The summed E-state index contributed by atoms with van der Waals surface area (Å²) in [6, 6.07) is 16.4. The van der Waals surface area contributed by atoms with Gasteiger partial charge in [-0.3, -0.25) is 9.59 Å². The van der Waals surface area contributed by atoms with Crippen molar-refractivity contribution in [1.29, 1.82) is 0 Å². The minimum absolute atomic E-state index is 0.327. The lowest BCUT2D eigenvalue weighted by Gasteiger charge is -2.11. The van der Waals surface area contributed by atoms with Crippen LogP contribution in [0.25, 0.3) is 0 Å². The summed E-state index contributed by atoms with van der Waals surface area (Å²) in [5, 5.41) is 0.654. The van der Waals surface area contributed by atoms with Crippen LogP contribution in [0.3, 0.4) is 0 Å². The topological polar surface area (TPSA) is 52.6 Å². The van der Waals surface area contributed by atoms with Crippen LogP contribution in [0.15, 0.2) is 60.7 Å².